The molecule has 1 nitrogen and oxygen atoms in total. The quantitative estimate of drug-likeness (QED) is 0.149. The molecule has 45 heavy (non-hydrogen) atoms. The van der Waals surface area contributed by atoms with Crippen LogP contribution in [-0.2, 0) is 5.41 Å². The van der Waals surface area contributed by atoms with E-state index in [2.05, 4.69) is 215 Å². The second-order valence-electron chi connectivity index (χ2n) is 11.1. The van der Waals surface area contributed by atoms with Crippen molar-refractivity contribution in [2.24, 2.45) is 0 Å². The number of benzene rings is 7. The van der Waals surface area contributed by atoms with Crippen LogP contribution in [0, 0.1) is 0 Å². The number of rotatable bonds is 8. The molecule has 0 bridgehead atoms. The number of anilines is 3. The van der Waals surface area contributed by atoms with Gasteiger partial charge in [-0.3, -0.25) is 0 Å². The zero-order valence-electron chi connectivity index (χ0n) is 24.8. The molecule has 0 atom stereocenters. The predicted octanol–water partition coefficient (Wildman–Crippen LogP) is 12.0. The zero-order chi connectivity index (χ0) is 30.5. The van der Waals surface area contributed by atoms with E-state index in [1.54, 1.807) is 0 Å². The first-order valence-electron chi connectivity index (χ1n) is 15.2. The summed E-state index contributed by atoms with van der Waals surface area (Å²) in [4.78, 5) is 2.32. The molecular formula is C43H32BrN. The first-order chi connectivity index (χ1) is 22.2. The molecule has 0 spiro atoms. The van der Waals surface area contributed by atoms with Crippen LogP contribution < -0.4 is 4.90 Å². The van der Waals surface area contributed by atoms with Crippen molar-refractivity contribution in [1.82, 2.24) is 0 Å². The number of hydrogen-bond donors (Lipinski definition) is 0. The molecule has 0 fully saturated rings. The predicted molar refractivity (Wildman–Crippen MR) is 193 cm³/mol. The summed E-state index contributed by atoms with van der Waals surface area (Å²) in [6.45, 7) is 0. The molecule has 0 radical (unpaired) electrons. The first-order valence-corrected chi connectivity index (χ1v) is 16.0. The fourth-order valence-corrected chi connectivity index (χ4v) is 6.66. The summed E-state index contributed by atoms with van der Waals surface area (Å²) in [5.74, 6) is 0. The van der Waals surface area contributed by atoms with E-state index < -0.39 is 5.41 Å². The smallest absolute Gasteiger partial charge is 0.0701 e. The summed E-state index contributed by atoms with van der Waals surface area (Å²) >= 11 is 3.55. The van der Waals surface area contributed by atoms with Gasteiger partial charge in [0.1, 0.15) is 0 Å². The standard InChI is InChI=1S/C43H32BrN/c44-39-27-21-33(22-28-39)34-23-29-41(30-24-34)45(40-19-11-4-12-20-40)42-31-25-38(26-32-42)43(35-13-5-1-6-14-35,36-15-7-2-8-16-36)37-17-9-3-10-18-37/h1-32H. The van der Waals surface area contributed by atoms with Crippen molar-refractivity contribution in [3.05, 3.63) is 221 Å². The van der Waals surface area contributed by atoms with Crippen LogP contribution in [0.3, 0.4) is 0 Å². The zero-order valence-corrected chi connectivity index (χ0v) is 26.4. The Kier molecular flexibility index (Phi) is 8.14. The van der Waals surface area contributed by atoms with Crippen LogP contribution in [0.1, 0.15) is 22.3 Å². The second kappa shape index (κ2) is 12.8. The van der Waals surface area contributed by atoms with Crippen molar-refractivity contribution in [2.45, 2.75) is 5.41 Å². The van der Waals surface area contributed by atoms with Gasteiger partial charge in [0.2, 0.25) is 0 Å². The highest BCUT2D eigenvalue weighted by Crippen LogP contribution is 2.46. The van der Waals surface area contributed by atoms with Gasteiger partial charge in [-0.05, 0) is 81.9 Å². The van der Waals surface area contributed by atoms with E-state index in [4.69, 9.17) is 0 Å². The third kappa shape index (κ3) is 5.61. The van der Waals surface area contributed by atoms with Gasteiger partial charge in [-0.2, -0.15) is 0 Å². The highest BCUT2D eigenvalue weighted by molar-refractivity contribution is 9.10. The van der Waals surface area contributed by atoms with E-state index in [1.165, 1.54) is 33.4 Å². The Labute approximate surface area is 274 Å². The Balaban J connectivity index is 1.36. The minimum Gasteiger partial charge on any atom is -0.311 e. The van der Waals surface area contributed by atoms with E-state index in [9.17, 15) is 0 Å². The van der Waals surface area contributed by atoms with Gasteiger partial charge in [-0.25, -0.2) is 0 Å². The molecule has 7 aromatic carbocycles. The minimum absolute atomic E-state index is 0.480. The highest BCUT2D eigenvalue weighted by atomic mass is 79.9. The second-order valence-corrected chi connectivity index (χ2v) is 12.0. The van der Waals surface area contributed by atoms with Crippen LogP contribution in [0.25, 0.3) is 11.1 Å². The molecule has 7 rings (SSSR count). The minimum atomic E-state index is -0.480. The maximum atomic E-state index is 3.55. The third-order valence-corrected chi connectivity index (χ3v) is 9.03. The van der Waals surface area contributed by atoms with Crippen LogP contribution in [0.2, 0.25) is 0 Å². The maximum Gasteiger partial charge on any atom is 0.0701 e. The van der Waals surface area contributed by atoms with Crippen molar-refractivity contribution in [3.8, 4) is 11.1 Å². The fourth-order valence-electron chi connectivity index (χ4n) is 6.39. The lowest BCUT2D eigenvalue weighted by molar-refractivity contribution is 0.745. The van der Waals surface area contributed by atoms with Crippen LogP contribution in [0.15, 0.2) is 199 Å². The molecule has 0 N–H and O–H groups in total. The first kappa shape index (κ1) is 28.6. The van der Waals surface area contributed by atoms with Gasteiger partial charge in [-0.1, -0.05) is 162 Å². The summed E-state index contributed by atoms with van der Waals surface area (Å²) in [7, 11) is 0. The monoisotopic (exact) mass is 641 g/mol. The van der Waals surface area contributed by atoms with Crippen LogP contribution in [-0.4, -0.2) is 0 Å². The van der Waals surface area contributed by atoms with Crippen LogP contribution in [0.4, 0.5) is 17.1 Å². The summed E-state index contributed by atoms with van der Waals surface area (Å²) in [6.07, 6.45) is 0. The Bertz CT molecular complexity index is 1860. The van der Waals surface area contributed by atoms with Gasteiger partial charge < -0.3 is 4.90 Å². The SMILES string of the molecule is Brc1ccc(-c2ccc(N(c3ccccc3)c3ccc(C(c4ccccc4)(c4ccccc4)c4ccccc4)cc3)cc2)cc1. The molecular weight excluding hydrogens is 610 g/mol. The van der Waals surface area contributed by atoms with E-state index >= 15 is 0 Å². The van der Waals surface area contributed by atoms with E-state index in [1.807, 2.05) is 0 Å². The number of para-hydroxylation sites is 1. The Morgan fingerprint density at radius 2 is 0.622 bits per heavy atom. The lowest BCUT2D eigenvalue weighted by Crippen LogP contribution is -2.31. The molecule has 7 aromatic rings. The Hall–Kier alpha value is -5.18. The maximum absolute atomic E-state index is 3.55. The average molecular weight is 643 g/mol. The Morgan fingerprint density at radius 1 is 0.311 bits per heavy atom. The van der Waals surface area contributed by atoms with E-state index in [0.717, 1.165) is 21.5 Å². The number of halogens is 1. The van der Waals surface area contributed by atoms with Crippen molar-refractivity contribution >= 4 is 33.0 Å². The van der Waals surface area contributed by atoms with Gasteiger partial charge in [-0.15, -0.1) is 0 Å². The fraction of sp³-hybridized carbons (Fsp3) is 0.0233. The molecule has 0 aromatic heterocycles. The summed E-state index contributed by atoms with van der Waals surface area (Å²) in [5.41, 5.74) is 10.1. The van der Waals surface area contributed by atoms with E-state index in [-0.39, 0.29) is 0 Å². The van der Waals surface area contributed by atoms with Crippen molar-refractivity contribution in [3.63, 3.8) is 0 Å². The average Bonchev–Trinajstić information content (AvgIpc) is 3.12. The number of hydrogen-bond acceptors (Lipinski definition) is 1. The van der Waals surface area contributed by atoms with Crippen LogP contribution in [0.5, 0.6) is 0 Å². The summed E-state index contributed by atoms with van der Waals surface area (Å²) in [6, 6.07) is 69.6. The van der Waals surface area contributed by atoms with Gasteiger partial charge in [0.05, 0.1) is 5.41 Å². The molecule has 0 saturated carbocycles. The van der Waals surface area contributed by atoms with Gasteiger partial charge >= 0.3 is 0 Å². The molecule has 2 heteroatoms. The summed E-state index contributed by atoms with van der Waals surface area (Å²) < 4.78 is 1.08. The molecule has 0 heterocycles. The largest absolute Gasteiger partial charge is 0.311 e. The molecule has 0 aliphatic rings. The topological polar surface area (TPSA) is 3.24 Å². The molecule has 216 valence electrons. The van der Waals surface area contributed by atoms with Crippen molar-refractivity contribution in [2.75, 3.05) is 4.90 Å². The normalized spacial score (nSPS) is 11.2. The van der Waals surface area contributed by atoms with Gasteiger partial charge in [0.15, 0.2) is 0 Å². The molecule has 0 aliphatic heterocycles. The lowest BCUT2D eigenvalue weighted by Gasteiger charge is -2.37. The van der Waals surface area contributed by atoms with Gasteiger partial charge in [0, 0.05) is 21.5 Å². The van der Waals surface area contributed by atoms with Crippen molar-refractivity contribution in [1.29, 1.82) is 0 Å². The lowest BCUT2D eigenvalue weighted by atomic mass is 9.65. The van der Waals surface area contributed by atoms with Crippen LogP contribution >= 0.6 is 15.9 Å². The number of nitrogens with zero attached hydrogens (tertiary/aromatic N) is 1. The molecule has 0 unspecified atom stereocenters. The Morgan fingerprint density at radius 3 is 1.04 bits per heavy atom. The third-order valence-electron chi connectivity index (χ3n) is 8.50. The van der Waals surface area contributed by atoms with E-state index in [0.29, 0.717) is 0 Å². The summed E-state index contributed by atoms with van der Waals surface area (Å²) in [5, 5.41) is 0. The highest BCUT2D eigenvalue weighted by Gasteiger charge is 2.38. The van der Waals surface area contributed by atoms with Crippen molar-refractivity contribution < 1.29 is 0 Å². The van der Waals surface area contributed by atoms with Gasteiger partial charge in [0.25, 0.3) is 0 Å². The molecule has 0 amide bonds. The molecule has 0 aliphatic carbocycles. The molecule has 0 saturated heterocycles.